The van der Waals surface area contributed by atoms with Crippen LogP contribution in [0.3, 0.4) is 0 Å². The highest BCUT2D eigenvalue weighted by Crippen LogP contribution is 2.20. The molecule has 0 fully saturated rings. The van der Waals surface area contributed by atoms with E-state index in [2.05, 4.69) is 27.2 Å². The van der Waals surface area contributed by atoms with E-state index in [4.69, 9.17) is 4.74 Å². The minimum Gasteiger partial charge on any atom is -0.497 e. The Bertz CT molecular complexity index is 643. The standard InChI is InChI=1S/C15H16N4O2/c1-3-7-16-15(20)13-9-14(18-10-17-13)19-11-5-4-6-12(8-11)21-2/h3-6,8-10H,1,7H2,2H3,(H,16,20)(H,17,18,19). The molecule has 108 valence electrons. The lowest BCUT2D eigenvalue weighted by molar-refractivity contribution is 0.0953. The van der Waals surface area contributed by atoms with Gasteiger partial charge < -0.3 is 15.4 Å². The van der Waals surface area contributed by atoms with Crippen molar-refractivity contribution in [1.29, 1.82) is 0 Å². The number of nitrogens with zero attached hydrogens (tertiary/aromatic N) is 2. The number of hydrogen-bond donors (Lipinski definition) is 2. The summed E-state index contributed by atoms with van der Waals surface area (Å²) in [5, 5.41) is 5.76. The average molecular weight is 284 g/mol. The molecule has 1 aromatic heterocycles. The lowest BCUT2D eigenvalue weighted by atomic mass is 10.3. The Morgan fingerprint density at radius 3 is 3.00 bits per heavy atom. The number of nitrogens with one attached hydrogen (secondary N) is 2. The van der Waals surface area contributed by atoms with Gasteiger partial charge in [-0.3, -0.25) is 4.79 Å². The van der Waals surface area contributed by atoms with Gasteiger partial charge in [0.05, 0.1) is 7.11 Å². The number of methoxy groups -OCH3 is 1. The van der Waals surface area contributed by atoms with E-state index in [-0.39, 0.29) is 11.6 Å². The van der Waals surface area contributed by atoms with Crippen LogP contribution < -0.4 is 15.4 Å². The summed E-state index contributed by atoms with van der Waals surface area (Å²) in [6, 6.07) is 9.00. The predicted molar refractivity (Wildman–Crippen MR) is 80.8 cm³/mol. The molecule has 0 radical (unpaired) electrons. The van der Waals surface area contributed by atoms with Gasteiger partial charge in [0.25, 0.3) is 5.91 Å². The number of rotatable bonds is 6. The summed E-state index contributed by atoms with van der Waals surface area (Å²) in [4.78, 5) is 19.8. The molecule has 0 spiro atoms. The highest BCUT2D eigenvalue weighted by atomic mass is 16.5. The number of amides is 1. The predicted octanol–water partition coefficient (Wildman–Crippen LogP) is 2.14. The largest absolute Gasteiger partial charge is 0.497 e. The zero-order valence-electron chi connectivity index (χ0n) is 11.7. The molecule has 0 aliphatic carbocycles. The maximum Gasteiger partial charge on any atom is 0.270 e. The maximum atomic E-state index is 11.8. The Hall–Kier alpha value is -2.89. The van der Waals surface area contributed by atoms with E-state index in [9.17, 15) is 4.79 Å². The van der Waals surface area contributed by atoms with Gasteiger partial charge in [-0.2, -0.15) is 0 Å². The van der Waals surface area contributed by atoms with Crippen LogP contribution in [0.2, 0.25) is 0 Å². The van der Waals surface area contributed by atoms with Gasteiger partial charge in [0, 0.05) is 24.4 Å². The van der Waals surface area contributed by atoms with Crippen LogP contribution in [0, 0.1) is 0 Å². The van der Waals surface area contributed by atoms with Crippen LogP contribution in [0.5, 0.6) is 5.75 Å². The SMILES string of the molecule is C=CCNC(=O)c1cc(Nc2cccc(OC)c2)ncn1. The molecule has 6 nitrogen and oxygen atoms in total. The topological polar surface area (TPSA) is 76.1 Å². The minimum absolute atomic E-state index is 0.272. The third-order valence-electron chi connectivity index (χ3n) is 2.65. The molecule has 0 unspecified atom stereocenters. The third kappa shape index (κ3) is 4.04. The van der Waals surface area contributed by atoms with Crippen LogP contribution in [0.4, 0.5) is 11.5 Å². The van der Waals surface area contributed by atoms with Crippen molar-refractivity contribution in [3.8, 4) is 5.75 Å². The van der Waals surface area contributed by atoms with Crippen molar-refractivity contribution in [3.63, 3.8) is 0 Å². The molecule has 6 heteroatoms. The second-order valence-electron chi connectivity index (χ2n) is 4.14. The first kappa shape index (κ1) is 14.5. The highest BCUT2D eigenvalue weighted by Gasteiger charge is 2.07. The van der Waals surface area contributed by atoms with Crippen LogP contribution >= 0.6 is 0 Å². The van der Waals surface area contributed by atoms with Crippen molar-refractivity contribution in [2.24, 2.45) is 0 Å². The van der Waals surface area contributed by atoms with Gasteiger partial charge in [0.1, 0.15) is 23.6 Å². The normalized spacial score (nSPS) is 9.76. The number of aromatic nitrogens is 2. The smallest absolute Gasteiger partial charge is 0.270 e. The Labute approximate surface area is 122 Å². The van der Waals surface area contributed by atoms with Crippen molar-refractivity contribution in [1.82, 2.24) is 15.3 Å². The monoisotopic (exact) mass is 284 g/mol. The van der Waals surface area contributed by atoms with Crippen molar-refractivity contribution in [2.45, 2.75) is 0 Å². The summed E-state index contributed by atoms with van der Waals surface area (Å²) >= 11 is 0. The summed E-state index contributed by atoms with van der Waals surface area (Å²) < 4.78 is 5.15. The van der Waals surface area contributed by atoms with E-state index in [1.165, 1.54) is 6.33 Å². The zero-order valence-corrected chi connectivity index (χ0v) is 11.7. The summed E-state index contributed by atoms with van der Waals surface area (Å²) in [7, 11) is 1.60. The summed E-state index contributed by atoms with van der Waals surface area (Å²) in [5.74, 6) is 0.992. The van der Waals surface area contributed by atoms with Crippen molar-refractivity contribution < 1.29 is 9.53 Å². The van der Waals surface area contributed by atoms with Gasteiger partial charge in [0.15, 0.2) is 0 Å². The highest BCUT2D eigenvalue weighted by molar-refractivity contribution is 5.93. The van der Waals surface area contributed by atoms with Crippen LogP contribution in [0.15, 0.2) is 49.3 Å². The second-order valence-corrected chi connectivity index (χ2v) is 4.14. The second kappa shape index (κ2) is 7.04. The van der Waals surface area contributed by atoms with Crippen LogP contribution in [0.1, 0.15) is 10.5 Å². The zero-order chi connectivity index (χ0) is 15.1. The lowest BCUT2D eigenvalue weighted by Gasteiger charge is -2.08. The molecule has 0 bridgehead atoms. The molecule has 0 saturated carbocycles. The van der Waals surface area contributed by atoms with E-state index < -0.39 is 0 Å². The first-order valence-corrected chi connectivity index (χ1v) is 6.35. The van der Waals surface area contributed by atoms with Crippen LogP contribution in [0.25, 0.3) is 0 Å². The molecule has 1 amide bonds. The molecule has 2 rings (SSSR count). The number of ether oxygens (including phenoxy) is 1. The van der Waals surface area contributed by atoms with Crippen LogP contribution in [-0.4, -0.2) is 29.5 Å². The molecule has 0 atom stereocenters. The number of anilines is 2. The van der Waals surface area contributed by atoms with Crippen molar-refractivity contribution >= 4 is 17.4 Å². The fraction of sp³-hybridized carbons (Fsp3) is 0.133. The molecule has 21 heavy (non-hydrogen) atoms. The van der Waals surface area contributed by atoms with E-state index in [0.29, 0.717) is 12.4 Å². The Kier molecular flexibility index (Phi) is 4.87. The molecule has 1 heterocycles. The Morgan fingerprint density at radius 2 is 2.24 bits per heavy atom. The fourth-order valence-corrected chi connectivity index (χ4v) is 1.65. The number of carbonyl (C=O) groups excluding carboxylic acids is 1. The summed E-state index contributed by atoms with van der Waals surface area (Å²) in [5.41, 5.74) is 1.10. The Balaban J connectivity index is 2.13. The minimum atomic E-state index is -0.272. The quantitative estimate of drug-likeness (QED) is 0.795. The first-order chi connectivity index (χ1) is 10.2. The van der Waals surface area contributed by atoms with Gasteiger partial charge in [-0.15, -0.1) is 6.58 Å². The van der Waals surface area contributed by atoms with E-state index >= 15 is 0 Å². The first-order valence-electron chi connectivity index (χ1n) is 6.35. The average Bonchev–Trinajstić information content (AvgIpc) is 2.53. The van der Waals surface area contributed by atoms with E-state index in [1.807, 2.05) is 24.3 Å². The molecular weight excluding hydrogens is 268 g/mol. The van der Waals surface area contributed by atoms with Gasteiger partial charge >= 0.3 is 0 Å². The van der Waals surface area contributed by atoms with E-state index in [0.717, 1.165) is 11.4 Å². The lowest BCUT2D eigenvalue weighted by Crippen LogP contribution is -2.24. The van der Waals surface area contributed by atoms with Gasteiger partial charge in [-0.25, -0.2) is 9.97 Å². The van der Waals surface area contributed by atoms with Crippen molar-refractivity contribution in [2.75, 3.05) is 19.0 Å². The molecular formula is C15H16N4O2. The van der Waals surface area contributed by atoms with Gasteiger partial charge in [-0.05, 0) is 12.1 Å². The number of carbonyl (C=O) groups is 1. The molecule has 0 aliphatic heterocycles. The number of benzene rings is 1. The summed E-state index contributed by atoms with van der Waals surface area (Å²) in [6.45, 7) is 3.93. The molecule has 0 aliphatic rings. The molecule has 2 N–H and O–H groups in total. The van der Waals surface area contributed by atoms with Crippen LogP contribution in [-0.2, 0) is 0 Å². The molecule has 2 aromatic rings. The maximum absolute atomic E-state index is 11.8. The molecule has 0 saturated heterocycles. The molecule has 1 aromatic carbocycles. The van der Waals surface area contributed by atoms with E-state index in [1.54, 1.807) is 19.3 Å². The summed E-state index contributed by atoms with van der Waals surface area (Å²) in [6.07, 6.45) is 2.94. The van der Waals surface area contributed by atoms with Crippen molar-refractivity contribution in [3.05, 3.63) is 55.0 Å². The van der Waals surface area contributed by atoms with Gasteiger partial charge in [0.2, 0.25) is 0 Å². The third-order valence-corrected chi connectivity index (χ3v) is 2.65. The fourth-order valence-electron chi connectivity index (χ4n) is 1.65. The Morgan fingerprint density at radius 1 is 1.38 bits per heavy atom. The van der Waals surface area contributed by atoms with Gasteiger partial charge in [-0.1, -0.05) is 12.1 Å². The number of hydrogen-bond acceptors (Lipinski definition) is 5.